The molecule has 4 heteroatoms. The van der Waals surface area contributed by atoms with E-state index in [1.807, 2.05) is 13.8 Å². The fourth-order valence-corrected chi connectivity index (χ4v) is 10.3. The van der Waals surface area contributed by atoms with Crippen LogP contribution in [0.4, 0.5) is 0 Å². The van der Waals surface area contributed by atoms with E-state index in [1.165, 1.54) is 57.8 Å². The van der Waals surface area contributed by atoms with E-state index < -0.39 is 5.60 Å². The van der Waals surface area contributed by atoms with Crippen LogP contribution in [-0.2, 0) is 14.3 Å². The number of ketones is 1. The Morgan fingerprint density at radius 1 is 1.02 bits per heavy atom. The van der Waals surface area contributed by atoms with Gasteiger partial charge in [-0.25, -0.2) is 0 Å². The molecular weight excluding hydrogens is 518 g/mol. The molecule has 3 fully saturated rings. The van der Waals surface area contributed by atoms with Crippen molar-refractivity contribution in [3.05, 3.63) is 11.6 Å². The SMILES string of the molecule is CNCC(=O)C(C)(C)OCCC(C)(C)O[C@H]1CC[C@@]2(C)C(=CCC3C2CC[C@@]2(C)C3CC[C@@H]2[C@H](C)CCCC(C)C)C1. The molecule has 0 heterocycles. The lowest BCUT2D eigenvalue weighted by molar-refractivity contribution is -0.145. The van der Waals surface area contributed by atoms with Crippen molar-refractivity contribution in [3.63, 3.8) is 0 Å². The van der Waals surface area contributed by atoms with Gasteiger partial charge in [0.2, 0.25) is 0 Å². The van der Waals surface area contributed by atoms with Crippen molar-refractivity contribution < 1.29 is 14.3 Å². The molecule has 3 unspecified atom stereocenters. The molecular formula is C38H67NO3. The number of carbonyl (C=O) groups is 1. The van der Waals surface area contributed by atoms with Crippen molar-refractivity contribution in [1.29, 1.82) is 0 Å². The lowest BCUT2D eigenvalue weighted by Crippen LogP contribution is -2.51. The van der Waals surface area contributed by atoms with Gasteiger partial charge in [-0.05, 0) is 139 Å². The highest BCUT2D eigenvalue weighted by Crippen LogP contribution is 2.67. The molecule has 4 aliphatic rings. The maximum Gasteiger partial charge on any atom is 0.177 e. The molecule has 4 nitrogen and oxygen atoms in total. The van der Waals surface area contributed by atoms with E-state index in [0.717, 1.165) is 54.8 Å². The number of likely N-dealkylation sites (N-methyl/N-ethyl adjacent to an activating group) is 1. The molecule has 42 heavy (non-hydrogen) atoms. The van der Waals surface area contributed by atoms with Crippen molar-refractivity contribution in [1.82, 2.24) is 5.32 Å². The summed E-state index contributed by atoms with van der Waals surface area (Å²) < 4.78 is 12.8. The molecule has 0 amide bonds. The normalized spacial score (nSPS) is 35.8. The molecule has 0 aromatic rings. The molecule has 8 atom stereocenters. The first kappa shape index (κ1) is 34.2. The third-order valence-corrected chi connectivity index (χ3v) is 12.9. The van der Waals surface area contributed by atoms with Crippen molar-refractivity contribution in [2.24, 2.45) is 46.3 Å². The molecule has 0 aromatic carbocycles. The van der Waals surface area contributed by atoms with Crippen LogP contribution >= 0.6 is 0 Å². The van der Waals surface area contributed by atoms with Crippen LogP contribution in [0.1, 0.15) is 139 Å². The largest absolute Gasteiger partial charge is 0.372 e. The number of rotatable bonds is 14. The Morgan fingerprint density at radius 2 is 1.76 bits per heavy atom. The maximum atomic E-state index is 12.4. The zero-order valence-electron chi connectivity index (χ0n) is 29.2. The molecule has 4 aliphatic carbocycles. The first-order chi connectivity index (χ1) is 19.6. The number of Topliss-reactive ketones (excluding diaryl/α,β-unsaturated/α-hetero) is 1. The predicted octanol–water partition coefficient (Wildman–Crippen LogP) is 9.17. The zero-order chi connectivity index (χ0) is 30.9. The van der Waals surface area contributed by atoms with E-state index in [4.69, 9.17) is 9.47 Å². The molecule has 4 rings (SSSR count). The van der Waals surface area contributed by atoms with E-state index in [0.29, 0.717) is 24.0 Å². The molecule has 0 radical (unpaired) electrons. The molecule has 1 N–H and O–H groups in total. The van der Waals surface area contributed by atoms with Crippen LogP contribution in [0.15, 0.2) is 11.6 Å². The number of ether oxygens (including phenoxy) is 2. The minimum Gasteiger partial charge on any atom is -0.372 e. The average molecular weight is 586 g/mol. The Bertz CT molecular complexity index is 952. The quantitative estimate of drug-likeness (QED) is 0.207. The average Bonchev–Trinajstić information content (AvgIpc) is 3.25. The van der Waals surface area contributed by atoms with Gasteiger partial charge < -0.3 is 14.8 Å². The summed E-state index contributed by atoms with van der Waals surface area (Å²) in [5.74, 6) is 5.38. The van der Waals surface area contributed by atoms with Gasteiger partial charge in [-0.15, -0.1) is 0 Å². The van der Waals surface area contributed by atoms with Crippen LogP contribution < -0.4 is 5.32 Å². The molecule has 0 bridgehead atoms. The fourth-order valence-electron chi connectivity index (χ4n) is 10.3. The lowest BCUT2D eigenvalue weighted by Gasteiger charge is -2.58. The van der Waals surface area contributed by atoms with E-state index in [1.54, 1.807) is 12.6 Å². The number of allylic oxidation sites excluding steroid dienone is 1. The summed E-state index contributed by atoms with van der Waals surface area (Å²) in [5, 5.41) is 2.95. The van der Waals surface area contributed by atoms with Crippen LogP contribution in [0, 0.1) is 46.3 Å². The third-order valence-electron chi connectivity index (χ3n) is 12.9. The minimum atomic E-state index is -0.767. The number of nitrogens with one attached hydrogen (secondary N) is 1. The Hall–Kier alpha value is -0.710. The van der Waals surface area contributed by atoms with Crippen molar-refractivity contribution in [2.75, 3.05) is 20.2 Å². The smallest absolute Gasteiger partial charge is 0.177 e. The van der Waals surface area contributed by atoms with E-state index in [-0.39, 0.29) is 17.5 Å². The predicted molar refractivity (Wildman–Crippen MR) is 176 cm³/mol. The van der Waals surface area contributed by atoms with Crippen LogP contribution in [0.25, 0.3) is 0 Å². The summed E-state index contributed by atoms with van der Waals surface area (Å²) in [6.07, 6.45) is 18.6. The highest BCUT2D eigenvalue weighted by molar-refractivity contribution is 5.88. The molecule has 0 aliphatic heterocycles. The second-order valence-electron chi connectivity index (χ2n) is 17.1. The van der Waals surface area contributed by atoms with E-state index in [2.05, 4.69) is 59.9 Å². The monoisotopic (exact) mass is 586 g/mol. The van der Waals surface area contributed by atoms with Crippen LogP contribution in [0.5, 0.6) is 0 Å². The van der Waals surface area contributed by atoms with Gasteiger partial charge in [-0.2, -0.15) is 0 Å². The molecule has 0 aromatic heterocycles. The lowest BCUT2D eigenvalue weighted by atomic mass is 9.47. The highest BCUT2D eigenvalue weighted by Gasteiger charge is 2.59. The topological polar surface area (TPSA) is 47.6 Å². The van der Waals surface area contributed by atoms with Crippen LogP contribution in [-0.4, -0.2) is 43.3 Å². The van der Waals surface area contributed by atoms with Gasteiger partial charge in [0.05, 0.1) is 24.9 Å². The van der Waals surface area contributed by atoms with Crippen molar-refractivity contribution in [2.45, 2.75) is 157 Å². The standard InChI is InChI=1S/C38H67NO3/c1-26(2)12-11-13-27(3)31-16-17-32-30-15-14-28-24-29(18-20-37(28,8)33(30)19-21-38(31,32)9)42-35(4,5)22-23-41-36(6,7)34(40)25-39-10/h14,26-27,29-33,39H,11-13,15-25H2,1-10H3/t27-,29+,30?,31-,32?,33?,37+,38-/m1/s1. The van der Waals surface area contributed by atoms with E-state index in [9.17, 15) is 4.79 Å². The number of hydrogen-bond acceptors (Lipinski definition) is 4. The maximum absolute atomic E-state index is 12.4. The molecule has 242 valence electrons. The van der Waals surface area contributed by atoms with Gasteiger partial charge >= 0.3 is 0 Å². The number of fused-ring (bicyclic) bond motifs is 5. The molecule has 3 saturated carbocycles. The third kappa shape index (κ3) is 7.23. The Morgan fingerprint density at radius 3 is 2.45 bits per heavy atom. The summed E-state index contributed by atoms with van der Waals surface area (Å²) in [5.41, 5.74) is 1.58. The fraction of sp³-hybridized carbons (Fsp3) is 0.921. The van der Waals surface area contributed by atoms with Gasteiger partial charge in [0.25, 0.3) is 0 Å². The Labute approximate surface area is 259 Å². The second-order valence-corrected chi connectivity index (χ2v) is 17.1. The summed E-state index contributed by atoms with van der Waals surface area (Å²) in [4.78, 5) is 12.4. The van der Waals surface area contributed by atoms with Gasteiger partial charge in [-0.3, -0.25) is 4.79 Å². The van der Waals surface area contributed by atoms with Gasteiger partial charge in [0.15, 0.2) is 5.78 Å². The van der Waals surface area contributed by atoms with E-state index >= 15 is 0 Å². The number of carbonyl (C=O) groups excluding carboxylic acids is 1. The van der Waals surface area contributed by atoms with Crippen LogP contribution in [0.3, 0.4) is 0 Å². The highest BCUT2D eigenvalue weighted by atomic mass is 16.5. The summed E-state index contributed by atoms with van der Waals surface area (Å²) in [6, 6.07) is 0. The van der Waals surface area contributed by atoms with Crippen molar-refractivity contribution in [3.8, 4) is 0 Å². The van der Waals surface area contributed by atoms with Gasteiger partial charge in [0.1, 0.15) is 5.60 Å². The molecule has 0 saturated heterocycles. The Kier molecular flexibility index (Phi) is 10.8. The number of hydrogen-bond donors (Lipinski definition) is 1. The van der Waals surface area contributed by atoms with Crippen molar-refractivity contribution >= 4 is 5.78 Å². The summed E-state index contributed by atoms with van der Waals surface area (Å²) in [7, 11) is 1.80. The Balaban J connectivity index is 1.34. The summed E-state index contributed by atoms with van der Waals surface area (Å²) in [6.45, 7) is 21.7. The first-order valence-electron chi connectivity index (χ1n) is 17.8. The second kappa shape index (κ2) is 13.3. The van der Waals surface area contributed by atoms with Gasteiger partial charge in [-0.1, -0.05) is 65.5 Å². The van der Waals surface area contributed by atoms with Gasteiger partial charge in [0, 0.05) is 0 Å². The zero-order valence-corrected chi connectivity index (χ0v) is 29.2. The first-order valence-corrected chi connectivity index (χ1v) is 17.8. The molecule has 0 spiro atoms. The summed E-state index contributed by atoms with van der Waals surface area (Å²) >= 11 is 0. The van der Waals surface area contributed by atoms with Crippen LogP contribution in [0.2, 0.25) is 0 Å². The minimum absolute atomic E-state index is 0.0881.